The van der Waals surface area contributed by atoms with Gasteiger partial charge in [0, 0.05) is 25.2 Å². The van der Waals surface area contributed by atoms with Crippen molar-refractivity contribution in [2.24, 2.45) is 0 Å². The van der Waals surface area contributed by atoms with Gasteiger partial charge in [0.2, 0.25) is 5.95 Å². The summed E-state index contributed by atoms with van der Waals surface area (Å²) >= 11 is 0. The van der Waals surface area contributed by atoms with E-state index in [-0.39, 0.29) is 5.89 Å². The van der Waals surface area contributed by atoms with Gasteiger partial charge in [-0.1, -0.05) is 30.3 Å². The third-order valence-electron chi connectivity index (χ3n) is 4.34. The average Bonchev–Trinajstić information content (AvgIpc) is 3.12. The van der Waals surface area contributed by atoms with Crippen molar-refractivity contribution < 1.29 is 17.6 Å². The monoisotopic (exact) mass is 361 g/mol. The molecule has 1 fully saturated rings. The minimum Gasteiger partial charge on any atom is -0.415 e. The van der Waals surface area contributed by atoms with E-state index in [1.807, 2.05) is 30.3 Å². The first-order chi connectivity index (χ1) is 12.6. The van der Waals surface area contributed by atoms with Gasteiger partial charge in [0.25, 0.3) is 11.8 Å². The van der Waals surface area contributed by atoms with Gasteiger partial charge in [-0.3, -0.25) is 0 Å². The van der Waals surface area contributed by atoms with Gasteiger partial charge in [0.15, 0.2) is 0 Å². The summed E-state index contributed by atoms with van der Waals surface area (Å²) < 4.78 is 43.5. The number of nitrogens with one attached hydrogen (secondary N) is 1. The number of hydrogen-bond acceptors (Lipinski definition) is 6. The molecule has 0 unspecified atom stereocenters. The van der Waals surface area contributed by atoms with E-state index in [0.717, 1.165) is 5.56 Å². The third kappa shape index (κ3) is 3.00. The van der Waals surface area contributed by atoms with Crippen LogP contribution in [0.3, 0.4) is 0 Å². The fourth-order valence-corrected chi connectivity index (χ4v) is 3.02. The predicted molar refractivity (Wildman–Crippen MR) is 86.2 cm³/mol. The summed E-state index contributed by atoms with van der Waals surface area (Å²) in [7, 11) is 0. The van der Waals surface area contributed by atoms with Gasteiger partial charge >= 0.3 is 6.43 Å². The number of hydrogen-bond donors (Lipinski definition) is 1. The Morgan fingerprint density at radius 3 is 2.35 bits per heavy atom. The molecule has 1 aliphatic carbocycles. The van der Waals surface area contributed by atoms with Crippen molar-refractivity contribution in [1.82, 2.24) is 20.2 Å². The first-order valence-electron chi connectivity index (χ1n) is 7.97. The lowest BCUT2D eigenvalue weighted by molar-refractivity contribution is 0.114. The maximum Gasteiger partial charge on any atom is 0.314 e. The number of nitrogens with zero attached hydrogens (tertiary/aromatic N) is 4. The summed E-state index contributed by atoms with van der Waals surface area (Å²) in [5.74, 6) is -0.538. The van der Waals surface area contributed by atoms with E-state index in [2.05, 4.69) is 25.5 Å². The smallest absolute Gasteiger partial charge is 0.314 e. The standard InChI is InChI=1S/C17H14F3N5O/c18-12-6-17(7-12,11-4-2-1-3-5-11)23-16-21-8-10(9-22-16)14-24-25-15(26-14)13(19)20/h1-5,8-9,12-13H,6-7H2,(H,21,22,23). The minimum atomic E-state index is -2.84. The van der Waals surface area contributed by atoms with E-state index in [4.69, 9.17) is 4.42 Å². The molecule has 4 rings (SSSR count). The maximum atomic E-state index is 13.6. The molecule has 9 heteroatoms. The molecule has 1 N–H and O–H groups in total. The topological polar surface area (TPSA) is 76.7 Å². The zero-order chi connectivity index (χ0) is 18.1. The van der Waals surface area contributed by atoms with E-state index >= 15 is 0 Å². The lowest BCUT2D eigenvalue weighted by Gasteiger charge is -2.45. The van der Waals surface area contributed by atoms with E-state index in [9.17, 15) is 13.2 Å². The Morgan fingerprint density at radius 1 is 1.08 bits per heavy atom. The number of alkyl halides is 3. The van der Waals surface area contributed by atoms with Crippen LogP contribution in [0.4, 0.5) is 19.1 Å². The summed E-state index contributed by atoms with van der Waals surface area (Å²) in [6.07, 6.45) is -0.290. The van der Waals surface area contributed by atoms with Gasteiger partial charge in [-0.25, -0.2) is 14.4 Å². The second kappa shape index (κ2) is 6.40. The molecular weight excluding hydrogens is 347 g/mol. The Kier molecular flexibility index (Phi) is 4.06. The Hall–Kier alpha value is -2.97. The Balaban J connectivity index is 1.55. The molecular formula is C17H14F3N5O. The van der Waals surface area contributed by atoms with E-state index in [1.165, 1.54) is 12.4 Å². The van der Waals surface area contributed by atoms with Crippen molar-refractivity contribution in [3.63, 3.8) is 0 Å². The Morgan fingerprint density at radius 2 is 1.77 bits per heavy atom. The highest BCUT2D eigenvalue weighted by atomic mass is 19.3. The number of aromatic nitrogens is 4. The second-order valence-corrected chi connectivity index (χ2v) is 6.12. The quantitative estimate of drug-likeness (QED) is 0.743. The molecule has 26 heavy (non-hydrogen) atoms. The average molecular weight is 361 g/mol. The molecule has 134 valence electrons. The van der Waals surface area contributed by atoms with E-state index in [0.29, 0.717) is 24.4 Å². The van der Waals surface area contributed by atoms with Crippen molar-refractivity contribution in [2.75, 3.05) is 5.32 Å². The number of anilines is 1. The maximum absolute atomic E-state index is 13.6. The van der Waals surface area contributed by atoms with Gasteiger partial charge in [-0.2, -0.15) is 8.78 Å². The molecule has 3 aromatic rings. The van der Waals surface area contributed by atoms with Crippen LogP contribution in [0.5, 0.6) is 0 Å². The normalized spacial score (nSPS) is 22.2. The number of halogens is 3. The first-order valence-corrected chi connectivity index (χ1v) is 7.97. The molecule has 1 aromatic carbocycles. The molecule has 0 atom stereocenters. The highest BCUT2D eigenvalue weighted by Crippen LogP contribution is 2.45. The predicted octanol–water partition coefficient (Wildman–Crippen LogP) is 3.90. The number of rotatable bonds is 5. The van der Waals surface area contributed by atoms with Crippen LogP contribution in [0, 0.1) is 0 Å². The summed E-state index contributed by atoms with van der Waals surface area (Å²) in [6.45, 7) is 0. The zero-order valence-corrected chi connectivity index (χ0v) is 13.4. The van der Waals surface area contributed by atoms with Crippen molar-refractivity contribution in [3.05, 3.63) is 54.2 Å². The molecule has 0 spiro atoms. The molecule has 0 saturated heterocycles. The second-order valence-electron chi connectivity index (χ2n) is 6.12. The van der Waals surface area contributed by atoms with Crippen LogP contribution in [-0.4, -0.2) is 26.3 Å². The Bertz CT molecular complexity index is 879. The molecule has 2 aromatic heterocycles. The third-order valence-corrected chi connectivity index (χ3v) is 4.34. The van der Waals surface area contributed by atoms with Crippen molar-refractivity contribution in [3.8, 4) is 11.5 Å². The fourth-order valence-electron chi connectivity index (χ4n) is 3.02. The summed E-state index contributed by atoms with van der Waals surface area (Å²) in [5.41, 5.74) is 0.718. The van der Waals surface area contributed by atoms with Crippen LogP contribution in [0.25, 0.3) is 11.5 Å². The van der Waals surface area contributed by atoms with Gasteiger partial charge < -0.3 is 9.73 Å². The molecule has 0 aliphatic heterocycles. The highest BCUT2D eigenvalue weighted by Gasteiger charge is 2.46. The van der Waals surface area contributed by atoms with Crippen LogP contribution in [0.15, 0.2) is 47.1 Å². The SMILES string of the molecule is FC1CC(Nc2ncc(-c3nnc(C(F)F)o3)cn2)(c2ccccc2)C1. The van der Waals surface area contributed by atoms with Gasteiger partial charge in [-0.05, 0) is 5.56 Å². The lowest BCUT2D eigenvalue weighted by Crippen LogP contribution is -2.49. The largest absolute Gasteiger partial charge is 0.415 e. The molecule has 6 nitrogen and oxygen atoms in total. The van der Waals surface area contributed by atoms with Crippen LogP contribution in [-0.2, 0) is 5.54 Å². The molecule has 2 heterocycles. The van der Waals surface area contributed by atoms with Gasteiger partial charge in [0.1, 0.15) is 6.17 Å². The van der Waals surface area contributed by atoms with E-state index < -0.39 is 24.0 Å². The van der Waals surface area contributed by atoms with Crippen molar-refractivity contribution in [2.45, 2.75) is 31.0 Å². The van der Waals surface area contributed by atoms with Crippen molar-refractivity contribution in [1.29, 1.82) is 0 Å². The van der Waals surface area contributed by atoms with Crippen molar-refractivity contribution >= 4 is 5.95 Å². The summed E-state index contributed by atoms with van der Waals surface area (Å²) in [5, 5.41) is 10.0. The van der Waals surface area contributed by atoms with Gasteiger partial charge in [-0.15, -0.1) is 10.2 Å². The molecule has 0 bridgehead atoms. The number of benzene rings is 1. The first kappa shape index (κ1) is 16.5. The van der Waals surface area contributed by atoms with Crippen LogP contribution < -0.4 is 5.32 Å². The molecule has 1 aliphatic rings. The van der Waals surface area contributed by atoms with Gasteiger partial charge in [0.05, 0.1) is 11.1 Å². The molecule has 1 saturated carbocycles. The highest BCUT2D eigenvalue weighted by molar-refractivity contribution is 5.51. The zero-order valence-electron chi connectivity index (χ0n) is 13.4. The summed E-state index contributed by atoms with van der Waals surface area (Å²) in [6, 6.07) is 9.54. The Labute approximate surface area is 146 Å². The molecule has 0 amide bonds. The van der Waals surface area contributed by atoms with E-state index in [1.54, 1.807) is 0 Å². The van der Waals surface area contributed by atoms with Crippen LogP contribution in [0.2, 0.25) is 0 Å². The minimum absolute atomic E-state index is 0.0860. The fraction of sp³-hybridized carbons (Fsp3) is 0.294. The lowest BCUT2D eigenvalue weighted by atomic mass is 9.70. The summed E-state index contributed by atoms with van der Waals surface area (Å²) in [4.78, 5) is 8.33. The molecule has 0 radical (unpaired) electrons. The van der Waals surface area contributed by atoms with Crippen LogP contribution >= 0.6 is 0 Å². The van der Waals surface area contributed by atoms with Crippen LogP contribution in [0.1, 0.15) is 30.7 Å².